The molecule has 1 saturated heterocycles. The van der Waals surface area contributed by atoms with E-state index in [-0.39, 0.29) is 5.75 Å². The van der Waals surface area contributed by atoms with Crippen LogP contribution in [0.4, 0.5) is 11.4 Å². The third kappa shape index (κ3) is 4.66. The maximum atomic E-state index is 10.5. The number of nitrogens with one attached hydrogen (secondary N) is 1. The molecule has 1 aliphatic heterocycles. The number of aromatic hydroxyl groups is 1. The van der Waals surface area contributed by atoms with E-state index in [9.17, 15) is 5.11 Å². The van der Waals surface area contributed by atoms with Gasteiger partial charge in [-0.3, -0.25) is 9.58 Å². The Morgan fingerprint density at radius 2 is 1.97 bits per heavy atom. The molecule has 1 aromatic heterocycles. The molecule has 30 heavy (non-hydrogen) atoms. The van der Waals surface area contributed by atoms with Crippen molar-refractivity contribution in [1.82, 2.24) is 14.7 Å². The SMILES string of the molecule is C=C(Cc1cc(-c2cnn(C)c2)ccc1N)Nc1ccc(CN2CCCC2)cc1O. The summed E-state index contributed by atoms with van der Waals surface area (Å²) in [6, 6.07) is 11.8. The average molecular weight is 404 g/mol. The van der Waals surface area contributed by atoms with Crippen LogP contribution in [0.5, 0.6) is 5.75 Å². The normalized spacial score (nSPS) is 14.2. The molecule has 0 saturated carbocycles. The van der Waals surface area contributed by atoms with Crippen LogP contribution < -0.4 is 11.1 Å². The van der Waals surface area contributed by atoms with E-state index in [0.29, 0.717) is 12.1 Å². The molecule has 0 aliphatic carbocycles. The second-order valence-corrected chi connectivity index (χ2v) is 8.06. The Morgan fingerprint density at radius 3 is 2.67 bits per heavy atom. The number of nitrogens with zero attached hydrogens (tertiary/aromatic N) is 3. The predicted octanol–water partition coefficient (Wildman–Crippen LogP) is 4.14. The second kappa shape index (κ2) is 8.63. The highest BCUT2D eigenvalue weighted by Gasteiger charge is 2.13. The van der Waals surface area contributed by atoms with E-state index in [2.05, 4.69) is 34.0 Å². The van der Waals surface area contributed by atoms with Crippen LogP contribution in [-0.2, 0) is 20.0 Å². The summed E-state index contributed by atoms with van der Waals surface area (Å²) >= 11 is 0. The molecule has 4 rings (SSSR count). The molecular weight excluding hydrogens is 374 g/mol. The number of nitrogens with two attached hydrogens (primary N) is 1. The van der Waals surface area contributed by atoms with Gasteiger partial charge in [0.05, 0.1) is 11.9 Å². The van der Waals surface area contributed by atoms with Crippen LogP contribution in [-0.4, -0.2) is 32.9 Å². The second-order valence-electron chi connectivity index (χ2n) is 8.06. The smallest absolute Gasteiger partial charge is 0.139 e. The lowest BCUT2D eigenvalue weighted by atomic mass is 10.0. The molecule has 3 aromatic rings. The summed E-state index contributed by atoms with van der Waals surface area (Å²) in [5, 5.41) is 17.9. The zero-order chi connectivity index (χ0) is 21.1. The van der Waals surface area contributed by atoms with Gasteiger partial charge in [0.2, 0.25) is 0 Å². The number of hydrogen-bond donors (Lipinski definition) is 3. The first kappa shape index (κ1) is 20.0. The summed E-state index contributed by atoms with van der Waals surface area (Å²) in [4.78, 5) is 2.42. The van der Waals surface area contributed by atoms with E-state index in [1.54, 1.807) is 4.68 Å². The minimum Gasteiger partial charge on any atom is -0.506 e. The van der Waals surface area contributed by atoms with E-state index in [1.807, 2.05) is 43.7 Å². The molecule has 0 amide bonds. The number of hydrogen-bond acceptors (Lipinski definition) is 5. The van der Waals surface area contributed by atoms with Crippen LogP contribution in [0.2, 0.25) is 0 Å². The summed E-state index contributed by atoms with van der Waals surface area (Å²) in [7, 11) is 1.90. The summed E-state index contributed by atoms with van der Waals surface area (Å²) in [6.07, 6.45) is 6.90. The van der Waals surface area contributed by atoms with Gasteiger partial charge in [0, 0.05) is 43.2 Å². The van der Waals surface area contributed by atoms with Crippen LogP contribution in [0.1, 0.15) is 24.0 Å². The highest BCUT2D eigenvalue weighted by Crippen LogP contribution is 2.29. The van der Waals surface area contributed by atoms with E-state index in [0.717, 1.165) is 53.3 Å². The Morgan fingerprint density at radius 1 is 1.17 bits per heavy atom. The van der Waals surface area contributed by atoms with Gasteiger partial charge in [0.25, 0.3) is 0 Å². The van der Waals surface area contributed by atoms with Crippen LogP contribution in [0.15, 0.2) is 61.1 Å². The molecule has 2 aromatic carbocycles. The highest BCUT2D eigenvalue weighted by molar-refractivity contribution is 5.67. The fourth-order valence-electron chi connectivity index (χ4n) is 3.95. The van der Waals surface area contributed by atoms with Gasteiger partial charge < -0.3 is 16.2 Å². The number of rotatable bonds is 7. The Bertz CT molecular complexity index is 1050. The minimum atomic E-state index is 0.241. The quantitative estimate of drug-likeness (QED) is 0.408. The fourth-order valence-corrected chi connectivity index (χ4v) is 3.95. The minimum absolute atomic E-state index is 0.241. The lowest BCUT2D eigenvalue weighted by molar-refractivity contribution is 0.331. The topological polar surface area (TPSA) is 79.3 Å². The van der Waals surface area contributed by atoms with E-state index in [4.69, 9.17) is 5.73 Å². The molecule has 2 heterocycles. The number of nitrogen functional groups attached to an aromatic ring is 1. The molecule has 1 fully saturated rings. The lowest BCUT2D eigenvalue weighted by Crippen LogP contribution is -2.18. The van der Waals surface area contributed by atoms with Gasteiger partial charge in [-0.2, -0.15) is 5.10 Å². The molecule has 6 nitrogen and oxygen atoms in total. The number of anilines is 2. The van der Waals surface area contributed by atoms with Crippen molar-refractivity contribution in [2.24, 2.45) is 7.05 Å². The van der Waals surface area contributed by atoms with Crippen LogP contribution in [0, 0.1) is 0 Å². The number of phenolic OH excluding ortho intramolecular Hbond substituents is 1. The summed E-state index contributed by atoms with van der Waals surface area (Å²) in [5.41, 5.74) is 12.6. The number of aromatic nitrogens is 2. The van der Waals surface area contributed by atoms with Crippen molar-refractivity contribution in [3.8, 4) is 16.9 Å². The summed E-state index contributed by atoms with van der Waals surface area (Å²) in [6.45, 7) is 7.29. The van der Waals surface area contributed by atoms with E-state index < -0.39 is 0 Å². The first-order chi connectivity index (χ1) is 14.5. The maximum Gasteiger partial charge on any atom is 0.139 e. The molecule has 0 atom stereocenters. The number of aryl methyl sites for hydroxylation is 1. The number of phenols is 1. The van der Waals surface area contributed by atoms with Crippen molar-refractivity contribution < 1.29 is 5.11 Å². The van der Waals surface area contributed by atoms with Crippen LogP contribution in [0.3, 0.4) is 0 Å². The largest absolute Gasteiger partial charge is 0.506 e. The van der Waals surface area contributed by atoms with Gasteiger partial charge in [-0.05, 0) is 66.9 Å². The number of allylic oxidation sites excluding steroid dienone is 1. The zero-order valence-electron chi connectivity index (χ0n) is 17.4. The third-order valence-corrected chi connectivity index (χ3v) is 5.56. The molecule has 0 spiro atoms. The maximum absolute atomic E-state index is 10.5. The molecule has 156 valence electrons. The van der Waals surface area contributed by atoms with Gasteiger partial charge in [-0.1, -0.05) is 18.7 Å². The number of benzene rings is 2. The summed E-state index contributed by atoms with van der Waals surface area (Å²) in [5.74, 6) is 0.241. The average Bonchev–Trinajstić information content (AvgIpc) is 3.37. The number of likely N-dealkylation sites (tertiary alicyclic amines) is 1. The monoisotopic (exact) mass is 403 g/mol. The molecular formula is C24H29N5O. The van der Waals surface area contributed by atoms with Crippen LogP contribution >= 0.6 is 0 Å². The predicted molar refractivity (Wildman–Crippen MR) is 122 cm³/mol. The highest BCUT2D eigenvalue weighted by atomic mass is 16.3. The first-order valence-corrected chi connectivity index (χ1v) is 10.3. The van der Waals surface area contributed by atoms with E-state index in [1.165, 1.54) is 12.8 Å². The van der Waals surface area contributed by atoms with Crippen LogP contribution in [0.25, 0.3) is 11.1 Å². The van der Waals surface area contributed by atoms with Gasteiger partial charge >= 0.3 is 0 Å². The Balaban J connectivity index is 1.43. The zero-order valence-corrected chi connectivity index (χ0v) is 17.4. The van der Waals surface area contributed by atoms with Gasteiger partial charge in [-0.15, -0.1) is 0 Å². The Hall–Kier alpha value is -3.25. The van der Waals surface area contributed by atoms with Crippen molar-refractivity contribution in [1.29, 1.82) is 0 Å². The van der Waals surface area contributed by atoms with Crippen molar-refractivity contribution in [3.05, 3.63) is 72.2 Å². The van der Waals surface area contributed by atoms with Gasteiger partial charge in [0.1, 0.15) is 5.75 Å². The Kier molecular flexibility index (Phi) is 5.77. The standard InChI is InChI=1S/C24H29N5O/c1-17(11-20-13-19(6-7-22(20)25)21-14-26-28(2)16-21)27-23-8-5-18(12-24(23)30)15-29-9-3-4-10-29/h5-8,12-14,16,27,30H,1,3-4,9-11,15,25H2,2H3. The molecule has 1 aliphatic rings. The Labute approximate surface area is 177 Å². The van der Waals surface area contributed by atoms with Crippen molar-refractivity contribution in [3.63, 3.8) is 0 Å². The molecule has 0 radical (unpaired) electrons. The van der Waals surface area contributed by atoms with Gasteiger partial charge in [0.15, 0.2) is 0 Å². The first-order valence-electron chi connectivity index (χ1n) is 10.3. The fraction of sp³-hybridized carbons (Fsp3) is 0.292. The van der Waals surface area contributed by atoms with E-state index >= 15 is 0 Å². The third-order valence-electron chi connectivity index (χ3n) is 5.56. The van der Waals surface area contributed by atoms with Crippen molar-refractivity contribution in [2.45, 2.75) is 25.8 Å². The molecule has 6 heteroatoms. The van der Waals surface area contributed by atoms with Gasteiger partial charge in [-0.25, -0.2) is 0 Å². The van der Waals surface area contributed by atoms with Crippen molar-refractivity contribution >= 4 is 11.4 Å². The molecule has 0 unspecified atom stereocenters. The molecule has 4 N–H and O–H groups in total. The lowest BCUT2D eigenvalue weighted by Gasteiger charge is -2.17. The summed E-state index contributed by atoms with van der Waals surface area (Å²) < 4.78 is 1.78. The van der Waals surface area contributed by atoms with Crippen molar-refractivity contribution in [2.75, 3.05) is 24.1 Å². The molecule has 0 bridgehead atoms.